The zero-order chi connectivity index (χ0) is 26.9. The molecule has 0 heterocycles. The van der Waals surface area contributed by atoms with Crippen LogP contribution < -0.4 is 15.1 Å². The van der Waals surface area contributed by atoms with Crippen LogP contribution in [-0.4, -0.2) is 12.1 Å². The highest BCUT2D eigenvalue weighted by atomic mass is 19.1. The van der Waals surface area contributed by atoms with Gasteiger partial charge in [-0.05, 0) is 71.8 Å². The Bertz CT molecular complexity index is 1500. The molecule has 0 aliphatic rings. The van der Waals surface area contributed by atoms with E-state index in [1.807, 2.05) is 60.7 Å². The molecule has 0 bridgehead atoms. The number of nitrogens with one attached hydrogen (secondary N) is 1. The van der Waals surface area contributed by atoms with Crippen molar-refractivity contribution in [2.24, 2.45) is 5.10 Å². The average molecular weight is 516 g/mol. The molecule has 5 rings (SSSR count). The Hall–Kier alpha value is -5.23. The van der Waals surface area contributed by atoms with E-state index in [1.165, 1.54) is 12.1 Å². The molecule has 0 saturated heterocycles. The predicted octanol–water partition coefficient (Wildman–Crippen LogP) is 7.64. The van der Waals surface area contributed by atoms with E-state index in [-0.39, 0.29) is 12.4 Å². The summed E-state index contributed by atoms with van der Waals surface area (Å²) >= 11 is 0. The van der Waals surface area contributed by atoms with Crippen molar-refractivity contribution in [2.75, 3.05) is 4.90 Å². The lowest BCUT2D eigenvalue weighted by molar-refractivity contribution is 0.0950. The second-order valence-electron chi connectivity index (χ2n) is 8.71. The SMILES string of the molecule is O=C(N/N=C/c1ccc(N(c2ccccc2)c2ccccc2)cc1)c1ccccc1OCc1ccc(F)cc1. The highest BCUT2D eigenvalue weighted by molar-refractivity contribution is 5.97. The quantitative estimate of drug-likeness (QED) is 0.162. The summed E-state index contributed by atoms with van der Waals surface area (Å²) in [6, 6.07) is 41.2. The smallest absolute Gasteiger partial charge is 0.275 e. The van der Waals surface area contributed by atoms with Gasteiger partial charge in [-0.1, -0.05) is 72.8 Å². The van der Waals surface area contributed by atoms with Crippen LogP contribution in [0.4, 0.5) is 21.5 Å². The molecule has 1 amide bonds. The average Bonchev–Trinajstić information content (AvgIpc) is 2.99. The maximum absolute atomic E-state index is 13.1. The first-order valence-corrected chi connectivity index (χ1v) is 12.5. The molecular weight excluding hydrogens is 489 g/mol. The zero-order valence-electron chi connectivity index (χ0n) is 21.1. The van der Waals surface area contributed by atoms with Crippen LogP contribution in [0.25, 0.3) is 0 Å². The first kappa shape index (κ1) is 25.4. The van der Waals surface area contributed by atoms with E-state index in [4.69, 9.17) is 4.74 Å². The third kappa shape index (κ3) is 6.56. The molecular formula is C33H26FN3O2. The lowest BCUT2D eigenvalue weighted by atomic mass is 10.1. The highest BCUT2D eigenvalue weighted by Gasteiger charge is 2.13. The van der Waals surface area contributed by atoms with Crippen molar-refractivity contribution in [3.05, 3.63) is 156 Å². The molecule has 39 heavy (non-hydrogen) atoms. The zero-order valence-corrected chi connectivity index (χ0v) is 21.1. The molecule has 0 radical (unpaired) electrons. The second kappa shape index (κ2) is 12.3. The van der Waals surface area contributed by atoms with E-state index >= 15 is 0 Å². The number of ether oxygens (including phenoxy) is 1. The summed E-state index contributed by atoms with van der Waals surface area (Å²) in [5.74, 6) is -0.284. The van der Waals surface area contributed by atoms with Gasteiger partial charge in [0.15, 0.2) is 0 Å². The molecule has 5 aromatic rings. The number of rotatable bonds is 9. The predicted molar refractivity (Wildman–Crippen MR) is 153 cm³/mol. The van der Waals surface area contributed by atoms with Gasteiger partial charge in [-0.15, -0.1) is 0 Å². The number of anilines is 3. The first-order valence-electron chi connectivity index (χ1n) is 12.5. The molecule has 0 unspecified atom stereocenters. The Morgan fingerprint density at radius 1 is 0.718 bits per heavy atom. The van der Waals surface area contributed by atoms with E-state index in [2.05, 4.69) is 39.7 Å². The Morgan fingerprint density at radius 3 is 1.92 bits per heavy atom. The van der Waals surface area contributed by atoms with Crippen LogP contribution in [0.1, 0.15) is 21.5 Å². The van der Waals surface area contributed by atoms with Gasteiger partial charge in [0.1, 0.15) is 18.2 Å². The fraction of sp³-hybridized carbons (Fsp3) is 0.0303. The normalized spacial score (nSPS) is 10.8. The van der Waals surface area contributed by atoms with Crippen molar-refractivity contribution in [3.8, 4) is 5.75 Å². The van der Waals surface area contributed by atoms with Gasteiger partial charge in [0.2, 0.25) is 0 Å². The number of hydrogen-bond acceptors (Lipinski definition) is 4. The van der Waals surface area contributed by atoms with E-state index in [0.717, 1.165) is 28.2 Å². The number of halogens is 1. The van der Waals surface area contributed by atoms with Crippen molar-refractivity contribution < 1.29 is 13.9 Å². The van der Waals surface area contributed by atoms with Crippen molar-refractivity contribution in [3.63, 3.8) is 0 Å². The minimum absolute atomic E-state index is 0.211. The Labute approximate surface area is 226 Å². The van der Waals surface area contributed by atoms with Crippen LogP contribution in [0.15, 0.2) is 139 Å². The molecule has 0 aromatic heterocycles. The van der Waals surface area contributed by atoms with E-state index in [9.17, 15) is 9.18 Å². The summed E-state index contributed by atoms with van der Waals surface area (Å²) in [6.07, 6.45) is 1.60. The number of hydrazone groups is 1. The van der Waals surface area contributed by atoms with Crippen LogP contribution in [0, 0.1) is 5.82 Å². The summed E-state index contributed by atoms with van der Waals surface area (Å²) in [5, 5.41) is 4.14. The van der Waals surface area contributed by atoms with E-state index < -0.39 is 5.91 Å². The second-order valence-corrected chi connectivity index (χ2v) is 8.71. The van der Waals surface area contributed by atoms with Crippen LogP contribution in [-0.2, 0) is 6.61 Å². The third-order valence-corrected chi connectivity index (χ3v) is 6.00. The first-order chi connectivity index (χ1) is 19.2. The van der Waals surface area contributed by atoms with Gasteiger partial charge in [0.05, 0.1) is 11.8 Å². The van der Waals surface area contributed by atoms with Gasteiger partial charge < -0.3 is 9.64 Å². The molecule has 5 aromatic carbocycles. The Kier molecular flexibility index (Phi) is 8.04. The fourth-order valence-corrected chi connectivity index (χ4v) is 4.06. The summed E-state index contributed by atoms with van der Waals surface area (Å²) in [4.78, 5) is 15.0. The third-order valence-electron chi connectivity index (χ3n) is 6.00. The van der Waals surface area contributed by atoms with Crippen LogP contribution in [0.2, 0.25) is 0 Å². The lowest BCUT2D eigenvalue weighted by Gasteiger charge is -2.25. The van der Waals surface area contributed by atoms with E-state index in [0.29, 0.717) is 11.3 Å². The van der Waals surface area contributed by atoms with Crippen molar-refractivity contribution in [1.29, 1.82) is 0 Å². The van der Waals surface area contributed by atoms with Gasteiger partial charge in [-0.3, -0.25) is 4.79 Å². The number of carbonyl (C=O) groups is 1. The van der Waals surface area contributed by atoms with Gasteiger partial charge in [0, 0.05) is 17.1 Å². The minimum Gasteiger partial charge on any atom is -0.488 e. The summed E-state index contributed by atoms with van der Waals surface area (Å²) in [7, 11) is 0. The maximum Gasteiger partial charge on any atom is 0.275 e. The highest BCUT2D eigenvalue weighted by Crippen LogP contribution is 2.33. The van der Waals surface area contributed by atoms with Crippen molar-refractivity contribution in [1.82, 2.24) is 5.43 Å². The number of amides is 1. The molecule has 1 N–H and O–H groups in total. The standard InChI is InChI=1S/C33H26FN3O2/c34-27-19-15-26(16-20-27)24-39-32-14-8-7-13-31(32)33(38)36-35-23-25-17-21-30(22-18-25)37(28-9-3-1-4-10-28)29-11-5-2-6-12-29/h1-23H,24H2,(H,36,38)/b35-23+. The summed E-state index contributed by atoms with van der Waals surface area (Å²) in [6.45, 7) is 0.211. The molecule has 0 fully saturated rings. The van der Waals surface area contributed by atoms with Crippen molar-refractivity contribution in [2.45, 2.75) is 6.61 Å². The number of carbonyl (C=O) groups excluding carboxylic acids is 1. The molecule has 0 spiro atoms. The molecule has 0 aliphatic carbocycles. The number of nitrogens with zero attached hydrogens (tertiary/aromatic N) is 2. The fourth-order valence-electron chi connectivity index (χ4n) is 4.06. The molecule has 6 heteroatoms. The lowest BCUT2D eigenvalue weighted by Crippen LogP contribution is -2.18. The van der Waals surface area contributed by atoms with Crippen LogP contribution >= 0.6 is 0 Å². The number of hydrogen-bond donors (Lipinski definition) is 1. The molecule has 0 aliphatic heterocycles. The summed E-state index contributed by atoms with van der Waals surface area (Å²) < 4.78 is 19.0. The molecule has 0 saturated carbocycles. The number of benzene rings is 5. The largest absolute Gasteiger partial charge is 0.488 e. The van der Waals surface area contributed by atoms with Crippen LogP contribution in [0.5, 0.6) is 5.75 Å². The molecule has 5 nitrogen and oxygen atoms in total. The van der Waals surface area contributed by atoms with E-state index in [1.54, 1.807) is 42.6 Å². The molecule has 192 valence electrons. The van der Waals surface area contributed by atoms with Crippen LogP contribution in [0.3, 0.4) is 0 Å². The molecule has 0 atom stereocenters. The van der Waals surface area contributed by atoms with Crippen molar-refractivity contribution >= 4 is 29.2 Å². The topological polar surface area (TPSA) is 53.9 Å². The number of para-hydroxylation sites is 3. The monoisotopic (exact) mass is 515 g/mol. The Morgan fingerprint density at radius 2 is 1.28 bits per heavy atom. The van der Waals surface area contributed by atoms with Gasteiger partial charge in [-0.25, -0.2) is 9.82 Å². The maximum atomic E-state index is 13.1. The van der Waals surface area contributed by atoms with Gasteiger partial charge in [0.25, 0.3) is 5.91 Å². The van der Waals surface area contributed by atoms with Gasteiger partial charge >= 0.3 is 0 Å². The Balaban J connectivity index is 1.25. The van der Waals surface area contributed by atoms with Gasteiger partial charge in [-0.2, -0.15) is 5.10 Å². The minimum atomic E-state index is -0.392. The summed E-state index contributed by atoms with van der Waals surface area (Å²) in [5.41, 5.74) is 7.67.